The van der Waals surface area contributed by atoms with Gasteiger partial charge in [0.05, 0.1) is 11.7 Å². The second-order valence-corrected chi connectivity index (χ2v) is 6.98. The molecule has 2 heterocycles. The van der Waals surface area contributed by atoms with Gasteiger partial charge in [-0.1, -0.05) is 0 Å². The smallest absolute Gasteiger partial charge is 1.00 e. The van der Waals surface area contributed by atoms with Crippen molar-refractivity contribution in [3.63, 3.8) is 0 Å². The number of aliphatic hydroxyl groups is 1. The number of rotatable bonds is 6. The van der Waals surface area contributed by atoms with Crippen LogP contribution < -0.4 is 26.5 Å². The number of halogens is 13. The summed E-state index contributed by atoms with van der Waals surface area (Å²) < 4.78 is 156. The molecule has 0 bridgehead atoms. The van der Waals surface area contributed by atoms with Crippen molar-refractivity contribution >= 4 is 29.3 Å². The summed E-state index contributed by atoms with van der Waals surface area (Å²) in [5, 5.41) is 15.2. The van der Waals surface area contributed by atoms with E-state index in [1.807, 2.05) is 0 Å². The van der Waals surface area contributed by atoms with Gasteiger partial charge in [0.15, 0.2) is 30.9 Å². The van der Waals surface area contributed by atoms with Crippen LogP contribution in [0.2, 0.25) is 0 Å². The van der Waals surface area contributed by atoms with E-state index < -0.39 is 78.3 Å². The third kappa shape index (κ3) is 12.3. The minimum absolute atomic E-state index is 0. The molecule has 1 unspecified atom stereocenters. The Balaban J connectivity index is -0.000000637. The van der Waals surface area contributed by atoms with Crippen LogP contribution in [0.1, 0.15) is 40.3 Å². The average Bonchev–Trinajstić information content (AvgIpc) is 3.20. The Morgan fingerprint density at radius 2 is 1.15 bits per heavy atom. The summed E-state index contributed by atoms with van der Waals surface area (Å²) in [6.45, 7) is -2.61. The van der Waals surface area contributed by atoms with Crippen LogP contribution in [0, 0.1) is 7.43 Å². The van der Waals surface area contributed by atoms with Crippen LogP contribution in [0.3, 0.4) is 0 Å². The Morgan fingerprint density at radius 1 is 0.800 bits per heavy atom. The molecule has 0 fully saturated rings. The van der Waals surface area contributed by atoms with E-state index in [1.54, 1.807) is 0 Å². The molecule has 0 aliphatic carbocycles. The Bertz CT molecular complexity index is 1080. The maximum atomic E-state index is 12.6. The number of nitrogens with zero attached hydrogens (tertiary/aromatic N) is 4. The van der Waals surface area contributed by atoms with Gasteiger partial charge in [-0.15, -0.1) is 0 Å². The molecule has 228 valence electrons. The molecule has 0 aliphatic rings. The van der Waals surface area contributed by atoms with E-state index >= 15 is 0 Å². The second-order valence-electron chi connectivity index (χ2n) is 6.98. The molecule has 2 rings (SSSR count). The van der Waals surface area contributed by atoms with E-state index in [1.165, 1.54) is 0 Å². The Kier molecular flexibility index (Phi) is 16.3. The van der Waals surface area contributed by atoms with Crippen molar-refractivity contribution in [1.82, 2.24) is 19.6 Å². The molecule has 22 heteroatoms. The topological polar surface area (TPSA) is 91.4 Å². The van der Waals surface area contributed by atoms with Crippen molar-refractivity contribution < 1.29 is 89.0 Å². The van der Waals surface area contributed by atoms with E-state index in [0.717, 1.165) is 21.0 Å². The minimum atomic E-state index is -4.95. The summed E-state index contributed by atoms with van der Waals surface area (Å²) in [7, 11) is 1.93. The van der Waals surface area contributed by atoms with Crippen LogP contribution in [0.25, 0.3) is 0 Å². The minimum Gasteiger partial charge on any atom is -1.00 e. The summed E-state index contributed by atoms with van der Waals surface area (Å²) >= 11 is 0. The fourth-order valence-electron chi connectivity index (χ4n) is 2.59. The van der Waals surface area contributed by atoms with Crippen molar-refractivity contribution in [3.05, 3.63) is 29.9 Å². The quantitative estimate of drug-likeness (QED) is 0.216. The predicted octanol–water partition coefficient (Wildman–Crippen LogP) is 1.70. The van der Waals surface area contributed by atoms with Crippen LogP contribution in [0.4, 0.5) is 52.7 Å². The molecule has 0 aliphatic heterocycles. The van der Waals surface area contributed by atoms with Crippen LogP contribution in [0.5, 0.6) is 11.8 Å². The number of hydrogen-bond donors (Lipinski definition) is 1. The van der Waals surface area contributed by atoms with E-state index in [2.05, 4.69) is 19.7 Å². The van der Waals surface area contributed by atoms with E-state index in [-0.39, 0.29) is 53.7 Å². The number of hydrogen-bond acceptors (Lipinski definition) is 6. The van der Waals surface area contributed by atoms with Crippen LogP contribution in [-0.4, -0.2) is 79.6 Å². The van der Waals surface area contributed by atoms with Gasteiger partial charge in [0, 0.05) is 14.1 Å². The van der Waals surface area contributed by atoms with Gasteiger partial charge in [-0.25, -0.2) is 9.36 Å². The van der Waals surface area contributed by atoms with Crippen LogP contribution in [0.15, 0.2) is 0 Å². The fraction of sp³-hybridized carbons (Fsp3) is 0.556. The summed E-state index contributed by atoms with van der Waals surface area (Å²) in [4.78, 5) is 10.5. The van der Waals surface area contributed by atoms with Gasteiger partial charge in [-0.3, -0.25) is 4.79 Å². The molecular formula is C18H19BrF12MgN4O4. The molecule has 2 aromatic rings. The molecule has 40 heavy (non-hydrogen) atoms. The standard InChI is InChI=1S/C9H10F6N2O2.C8H6F6N2O2.CH3.BrH.Mg/c1-4(18)5-6(9(13,14)15)16-17(2)7(5)19-3-8(10,11)12;1-16-6(18-3-7(9,10)11)4(2-17)5(15-16)8(12,13)14;;;/h4,18H,3H2,1-2H3;2H,3H2,1H3;1H3;1H;/q;;-1;;+2/p-1. The average molecular weight is 688 g/mol. The van der Waals surface area contributed by atoms with Gasteiger partial charge in [0.1, 0.15) is 5.56 Å². The van der Waals surface area contributed by atoms with Crippen LogP contribution >= 0.6 is 0 Å². The number of ether oxygens (including phenoxy) is 2. The van der Waals surface area contributed by atoms with Gasteiger partial charge < -0.3 is 39.0 Å². The number of alkyl halides is 12. The zero-order chi connectivity index (χ0) is 29.1. The van der Waals surface area contributed by atoms with Gasteiger partial charge >= 0.3 is 47.8 Å². The molecule has 0 amide bonds. The van der Waals surface area contributed by atoms with Gasteiger partial charge in [-0.05, 0) is 6.92 Å². The van der Waals surface area contributed by atoms with Crippen molar-refractivity contribution in [1.29, 1.82) is 0 Å². The first-order valence-electron chi connectivity index (χ1n) is 9.30. The second kappa shape index (κ2) is 15.3. The molecule has 8 nitrogen and oxygen atoms in total. The summed E-state index contributed by atoms with van der Waals surface area (Å²) in [6.07, 6.45) is -21.2. The molecule has 2 aromatic heterocycles. The molecule has 0 radical (unpaired) electrons. The molecule has 0 spiro atoms. The molecule has 0 aromatic carbocycles. The third-order valence-electron chi connectivity index (χ3n) is 3.88. The number of carbonyl (C=O) groups excluding carboxylic acids is 1. The predicted molar refractivity (Wildman–Crippen MR) is 108 cm³/mol. The number of aromatic nitrogens is 4. The number of aldehydes is 1. The number of aliphatic hydroxyl groups excluding tert-OH is 1. The monoisotopic (exact) mass is 686 g/mol. The third-order valence-corrected chi connectivity index (χ3v) is 3.88. The maximum absolute atomic E-state index is 12.6. The van der Waals surface area contributed by atoms with Crippen molar-refractivity contribution in [2.45, 2.75) is 37.7 Å². The summed E-state index contributed by atoms with van der Waals surface area (Å²) in [5.41, 5.74) is -4.94. The van der Waals surface area contributed by atoms with Crippen molar-refractivity contribution in [2.24, 2.45) is 14.1 Å². The molecule has 1 atom stereocenters. The van der Waals surface area contributed by atoms with Crippen molar-refractivity contribution in [3.8, 4) is 11.8 Å². The first-order valence-corrected chi connectivity index (χ1v) is 9.30. The normalized spacial score (nSPS) is 12.6. The summed E-state index contributed by atoms with van der Waals surface area (Å²) in [6, 6.07) is 0. The summed E-state index contributed by atoms with van der Waals surface area (Å²) in [5.74, 6) is -1.64. The molecule has 1 N–H and O–H groups in total. The van der Waals surface area contributed by atoms with Gasteiger partial charge in [0.25, 0.3) is 0 Å². The van der Waals surface area contributed by atoms with E-state index in [0.29, 0.717) is 9.36 Å². The van der Waals surface area contributed by atoms with Crippen LogP contribution in [-0.2, 0) is 26.4 Å². The number of carbonyl (C=O) groups is 1. The Labute approximate surface area is 244 Å². The zero-order valence-corrected chi connectivity index (χ0v) is 23.7. The first-order chi connectivity index (χ1) is 16.5. The first kappa shape index (κ1) is 42.5. The molecule has 0 saturated carbocycles. The molecular weight excluding hydrogens is 668 g/mol. The molecule has 0 saturated heterocycles. The Hall–Kier alpha value is -1.94. The zero-order valence-electron chi connectivity index (χ0n) is 20.7. The van der Waals surface area contributed by atoms with E-state index in [9.17, 15) is 62.6 Å². The van der Waals surface area contributed by atoms with Gasteiger partial charge in [0.2, 0.25) is 11.8 Å². The Morgan fingerprint density at radius 3 is 1.48 bits per heavy atom. The largest absolute Gasteiger partial charge is 2.00 e. The van der Waals surface area contributed by atoms with Gasteiger partial charge in [-0.2, -0.15) is 62.9 Å². The fourth-order valence-corrected chi connectivity index (χ4v) is 2.59. The maximum Gasteiger partial charge on any atom is 2.00 e. The van der Waals surface area contributed by atoms with E-state index in [4.69, 9.17) is 0 Å². The van der Waals surface area contributed by atoms with Crippen molar-refractivity contribution in [2.75, 3.05) is 13.2 Å². The number of aryl methyl sites for hydroxylation is 2. The SMILES string of the molecule is CC(O)c1c(C(F)(F)F)nn(C)c1OCC(F)(F)F.Cn1nc(C(F)(F)F)c(C=O)c1OCC(F)(F)F.[Br-].[CH3-].[Mg+2].